The van der Waals surface area contributed by atoms with Crippen LogP contribution in [0.4, 0.5) is 18.9 Å². The van der Waals surface area contributed by atoms with Gasteiger partial charge in [-0.25, -0.2) is 0 Å². The van der Waals surface area contributed by atoms with Gasteiger partial charge < -0.3 is 15.4 Å². The van der Waals surface area contributed by atoms with E-state index in [1.165, 1.54) is 26.2 Å². The van der Waals surface area contributed by atoms with E-state index in [9.17, 15) is 18.0 Å². The number of rotatable bonds is 6. The van der Waals surface area contributed by atoms with Crippen LogP contribution in [0.1, 0.15) is 18.1 Å². The summed E-state index contributed by atoms with van der Waals surface area (Å²) in [6.07, 6.45) is -4.41. The molecule has 0 fully saturated rings. The number of hydrogen-bond acceptors (Lipinski definition) is 3. The van der Waals surface area contributed by atoms with E-state index in [0.29, 0.717) is 13.2 Å². The Morgan fingerprint density at radius 1 is 1.38 bits per heavy atom. The van der Waals surface area contributed by atoms with Crippen molar-refractivity contribution in [1.82, 2.24) is 5.32 Å². The number of carbonyl (C=O) groups excluding carboxylic acids is 1. The minimum absolute atomic E-state index is 0.144. The third kappa shape index (κ3) is 5.26. The molecule has 0 aliphatic rings. The molecule has 0 aromatic heterocycles. The van der Waals surface area contributed by atoms with E-state index in [4.69, 9.17) is 4.74 Å². The van der Waals surface area contributed by atoms with Crippen LogP contribution in [0.2, 0.25) is 0 Å². The van der Waals surface area contributed by atoms with Crippen LogP contribution in [0.5, 0.6) is 0 Å². The molecule has 2 N–H and O–H groups in total. The highest BCUT2D eigenvalue weighted by atomic mass is 19.4. The van der Waals surface area contributed by atoms with Gasteiger partial charge in [-0.05, 0) is 31.5 Å². The Morgan fingerprint density at radius 3 is 2.62 bits per heavy atom. The van der Waals surface area contributed by atoms with Gasteiger partial charge in [0.2, 0.25) is 5.91 Å². The molecule has 0 saturated heterocycles. The predicted molar refractivity (Wildman–Crippen MR) is 74.2 cm³/mol. The van der Waals surface area contributed by atoms with Gasteiger partial charge in [-0.1, -0.05) is 6.07 Å². The zero-order chi connectivity index (χ0) is 16.0. The molecule has 0 aliphatic heterocycles. The number of anilines is 1. The lowest BCUT2D eigenvalue weighted by Gasteiger charge is -2.17. The van der Waals surface area contributed by atoms with Crippen molar-refractivity contribution in [2.75, 3.05) is 25.6 Å². The van der Waals surface area contributed by atoms with Crippen molar-refractivity contribution in [2.45, 2.75) is 26.1 Å². The lowest BCUT2D eigenvalue weighted by molar-refractivity contribution is -0.138. The molecule has 4 nitrogen and oxygen atoms in total. The molecule has 1 aromatic carbocycles. The molecule has 1 rings (SSSR count). The second kappa shape index (κ2) is 7.31. The Kier molecular flexibility index (Phi) is 6.02. The molecule has 1 atom stereocenters. The van der Waals surface area contributed by atoms with Crippen molar-refractivity contribution in [1.29, 1.82) is 0 Å². The number of carbonyl (C=O) groups is 1. The lowest BCUT2D eigenvalue weighted by atomic mass is 10.1. The molecule has 0 radical (unpaired) electrons. The topological polar surface area (TPSA) is 50.4 Å². The first-order valence-corrected chi connectivity index (χ1v) is 6.46. The fourth-order valence-electron chi connectivity index (χ4n) is 1.76. The van der Waals surface area contributed by atoms with Crippen molar-refractivity contribution >= 4 is 11.6 Å². The standard InChI is InChI=1S/C14H19F3N2O2/c1-9-4-5-11(8-12(9)14(15,16)17)19-10(2)13(20)18-6-7-21-3/h4-5,8,10,19H,6-7H2,1-3H3,(H,18,20). The number of benzene rings is 1. The van der Waals surface area contributed by atoms with Gasteiger partial charge in [0.15, 0.2) is 0 Å². The largest absolute Gasteiger partial charge is 0.416 e. The van der Waals surface area contributed by atoms with Crippen LogP contribution < -0.4 is 10.6 Å². The lowest BCUT2D eigenvalue weighted by Crippen LogP contribution is -2.39. The molecule has 1 aromatic rings. The minimum atomic E-state index is -4.41. The number of halogens is 3. The molecule has 0 heterocycles. The Hall–Kier alpha value is -1.76. The average molecular weight is 304 g/mol. The zero-order valence-corrected chi connectivity index (χ0v) is 12.2. The van der Waals surface area contributed by atoms with Gasteiger partial charge in [-0.15, -0.1) is 0 Å². The molecule has 1 amide bonds. The maximum atomic E-state index is 12.8. The summed E-state index contributed by atoms with van der Waals surface area (Å²) in [4.78, 5) is 11.7. The van der Waals surface area contributed by atoms with Gasteiger partial charge in [-0.2, -0.15) is 13.2 Å². The minimum Gasteiger partial charge on any atom is -0.383 e. The molecule has 0 bridgehead atoms. The van der Waals surface area contributed by atoms with E-state index < -0.39 is 17.8 Å². The number of aryl methyl sites for hydroxylation is 1. The smallest absolute Gasteiger partial charge is 0.383 e. The molecule has 118 valence electrons. The fourth-order valence-corrected chi connectivity index (χ4v) is 1.76. The highest BCUT2D eigenvalue weighted by Crippen LogP contribution is 2.33. The second-order valence-corrected chi connectivity index (χ2v) is 4.68. The molecule has 0 spiro atoms. The highest BCUT2D eigenvalue weighted by molar-refractivity contribution is 5.84. The van der Waals surface area contributed by atoms with Crippen LogP contribution >= 0.6 is 0 Å². The Bertz CT molecular complexity index is 490. The van der Waals surface area contributed by atoms with E-state index in [1.807, 2.05) is 0 Å². The summed E-state index contributed by atoms with van der Waals surface area (Å²) >= 11 is 0. The van der Waals surface area contributed by atoms with E-state index >= 15 is 0 Å². The number of ether oxygens (including phenoxy) is 1. The normalized spacial score (nSPS) is 12.9. The van der Waals surface area contributed by atoms with Crippen LogP contribution in [0.15, 0.2) is 18.2 Å². The van der Waals surface area contributed by atoms with E-state index in [1.54, 1.807) is 6.92 Å². The predicted octanol–water partition coefficient (Wildman–Crippen LogP) is 2.58. The van der Waals surface area contributed by atoms with Gasteiger partial charge in [0.05, 0.1) is 12.2 Å². The van der Waals surface area contributed by atoms with Gasteiger partial charge in [0, 0.05) is 19.3 Å². The third-order valence-corrected chi connectivity index (χ3v) is 2.92. The van der Waals surface area contributed by atoms with Gasteiger partial charge in [0.25, 0.3) is 0 Å². The zero-order valence-electron chi connectivity index (χ0n) is 12.2. The first-order valence-electron chi connectivity index (χ1n) is 6.46. The quantitative estimate of drug-likeness (QED) is 0.794. The summed E-state index contributed by atoms with van der Waals surface area (Å²) in [6, 6.07) is 3.25. The molecule has 7 heteroatoms. The van der Waals surface area contributed by atoms with Crippen molar-refractivity contribution in [2.24, 2.45) is 0 Å². The highest BCUT2D eigenvalue weighted by Gasteiger charge is 2.32. The number of amides is 1. The second-order valence-electron chi connectivity index (χ2n) is 4.68. The SMILES string of the molecule is COCCNC(=O)C(C)Nc1ccc(C)c(C(F)(F)F)c1. The maximum absolute atomic E-state index is 12.8. The number of nitrogens with one attached hydrogen (secondary N) is 2. The Morgan fingerprint density at radius 2 is 2.05 bits per heavy atom. The number of methoxy groups -OCH3 is 1. The number of hydrogen-bond donors (Lipinski definition) is 2. The first kappa shape index (κ1) is 17.3. The van der Waals surface area contributed by atoms with E-state index in [2.05, 4.69) is 10.6 Å². The Labute approximate surface area is 121 Å². The summed E-state index contributed by atoms with van der Waals surface area (Å²) < 4.78 is 43.2. The average Bonchev–Trinajstić information content (AvgIpc) is 2.39. The molecule has 0 aliphatic carbocycles. The third-order valence-electron chi connectivity index (χ3n) is 2.92. The van der Waals surface area contributed by atoms with Crippen LogP contribution in [0.3, 0.4) is 0 Å². The number of alkyl halides is 3. The van der Waals surface area contributed by atoms with Crippen molar-refractivity contribution < 1.29 is 22.7 Å². The van der Waals surface area contributed by atoms with Crippen LogP contribution in [-0.2, 0) is 15.7 Å². The van der Waals surface area contributed by atoms with Crippen LogP contribution in [-0.4, -0.2) is 32.2 Å². The molecule has 0 saturated carbocycles. The summed E-state index contributed by atoms with van der Waals surface area (Å²) in [6.45, 7) is 3.70. The van der Waals surface area contributed by atoms with Crippen LogP contribution in [0, 0.1) is 6.92 Å². The monoisotopic (exact) mass is 304 g/mol. The summed E-state index contributed by atoms with van der Waals surface area (Å²) in [7, 11) is 1.51. The molecule has 21 heavy (non-hydrogen) atoms. The van der Waals surface area contributed by atoms with E-state index in [0.717, 1.165) is 6.07 Å². The maximum Gasteiger partial charge on any atom is 0.416 e. The van der Waals surface area contributed by atoms with Crippen molar-refractivity contribution in [3.63, 3.8) is 0 Å². The molecule has 1 unspecified atom stereocenters. The van der Waals surface area contributed by atoms with Gasteiger partial charge in [-0.3, -0.25) is 4.79 Å². The van der Waals surface area contributed by atoms with Gasteiger partial charge in [0.1, 0.15) is 6.04 Å². The van der Waals surface area contributed by atoms with Crippen LogP contribution in [0.25, 0.3) is 0 Å². The first-order chi connectivity index (χ1) is 9.75. The Balaban J connectivity index is 2.72. The molecular formula is C14H19F3N2O2. The van der Waals surface area contributed by atoms with E-state index in [-0.39, 0.29) is 17.2 Å². The fraction of sp³-hybridized carbons (Fsp3) is 0.500. The molecular weight excluding hydrogens is 285 g/mol. The van der Waals surface area contributed by atoms with Crippen molar-refractivity contribution in [3.8, 4) is 0 Å². The van der Waals surface area contributed by atoms with Gasteiger partial charge >= 0.3 is 6.18 Å². The van der Waals surface area contributed by atoms with Crippen molar-refractivity contribution in [3.05, 3.63) is 29.3 Å². The summed E-state index contributed by atoms with van der Waals surface area (Å²) in [5.41, 5.74) is -0.313. The summed E-state index contributed by atoms with van der Waals surface area (Å²) in [5.74, 6) is -0.304. The summed E-state index contributed by atoms with van der Waals surface area (Å²) in [5, 5.41) is 5.37.